The van der Waals surface area contributed by atoms with Crippen molar-refractivity contribution in [2.45, 2.75) is 71.1 Å². The van der Waals surface area contributed by atoms with Gasteiger partial charge in [-0.2, -0.15) is 0 Å². The Kier molecular flexibility index (Phi) is 10.8. The second-order valence-electron chi connectivity index (χ2n) is 6.02. The molecule has 0 saturated heterocycles. The molecule has 2 unspecified atom stereocenters. The van der Waals surface area contributed by atoms with Gasteiger partial charge in [-0.1, -0.05) is 37.3 Å². The van der Waals surface area contributed by atoms with E-state index < -0.39 is 20.4 Å². The van der Waals surface area contributed by atoms with Gasteiger partial charge in [0.1, 0.15) is 5.40 Å². The van der Waals surface area contributed by atoms with Crippen LogP contribution in [-0.2, 0) is 13.7 Å². The molecule has 2 N–H and O–H groups in total. The van der Waals surface area contributed by atoms with Crippen molar-refractivity contribution in [1.82, 2.24) is 0 Å². The van der Waals surface area contributed by atoms with Gasteiger partial charge in [0.25, 0.3) is 0 Å². The molecule has 0 aromatic heterocycles. The lowest BCUT2D eigenvalue weighted by Crippen LogP contribution is -2.11. The zero-order valence-electron chi connectivity index (χ0n) is 14.3. The molecule has 2 atom stereocenters. The van der Waals surface area contributed by atoms with E-state index in [0.29, 0.717) is 6.42 Å². The van der Waals surface area contributed by atoms with Crippen LogP contribution in [0.4, 0.5) is 0 Å². The molecule has 0 spiro atoms. The quantitative estimate of drug-likeness (QED) is 0.288. The number of hydrogen-bond donors (Lipinski definition) is 2. The molecule has 5 nitrogen and oxygen atoms in total. The van der Waals surface area contributed by atoms with Crippen LogP contribution in [0.5, 0.6) is 0 Å². The first-order valence-corrected chi connectivity index (χ1v) is 11.8. The first-order chi connectivity index (χ1) is 10.1. The predicted octanol–water partition coefficient (Wildman–Crippen LogP) is 5.13. The van der Waals surface area contributed by atoms with Crippen molar-refractivity contribution < 1.29 is 23.4 Å². The highest BCUT2D eigenvalue weighted by Crippen LogP contribution is 2.64. The van der Waals surface area contributed by atoms with Crippen LogP contribution in [0.2, 0.25) is 0 Å². The van der Waals surface area contributed by atoms with E-state index in [-0.39, 0.29) is 13.0 Å². The molecule has 0 aliphatic rings. The number of rotatable bonds is 12. The Labute approximate surface area is 135 Å². The second kappa shape index (κ2) is 10.8. The Morgan fingerprint density at radius 2 is 1.64 bits per heavy atom. The summed E-state index contributed by atoms with van der Waals surface area (Å²) in [5.41, 5.74) is 1.33. The fourth-order valence-electron chi connectivity index (χ4n) is 2.41. The molecule has 0 fully saturated rings. The van der Waals surface area contributed by atoms with Crippen molar-refractivity contribution in [1.29, 1.82) is 0 Å². The SMILES string of the molecule is CCOP(C)(=O)C(CCCCCCCC=C(C)C)P(=O)(O)O. The van der Waals surface area contributed by atoms with Crippen LogP contribution in [-0.4, -0.2) is 28.5 Å². The largest absolute Gasteiger partial charge is 0.338 e. The van der Waals surface area contributed by atoms with Gasteiger partial charge in [-0.25, -0.2) is 0 Å². The first kappa shape index (κ1) is 22.1. The van der Waals surface area contributed by atoms with Crippen molar-refractivity contribution in [2.24, 2.45) is 0 Å². The van der Waals surface area contributed by atoms with E-state index in [1.54, 1.807) is 6.92 Å². The summed E-state index contributed by atoms with van der Waals surface area (Å²) in [5, 5.41) is -1.16. The summed E-state index contributed by atoms with van der Waals surface area (Å²) >= 11 is 0. The fraction of sp³-hybridized carbons (Fsp3) is 0.867. The smallest absolute Gasteiger partial charge is 0.328 e. The monoisotopic (exact) mass is 354 g/mol. The second-order valence-corrected chi connectivity index (χ2v) is 10.9. The van der Waals surface area contributed by atoms with Gasteiger partial charge >= 0.3 is 7.60 Å². The van der Waals surface area contributed by atoms with Crippen molar-refractivity contribution >= 4 is 15.0 Å². The summed E-state index contributed by atoms with van der Waals surface area (Å²) in [7, 11) is -7.67. The molecule has 0 aromatic rings. The summed E-state index contributed by atoms with van der Waals surface area (Å²) in [6.45, 7) is 7.39. The average Bonchev–Trinajstić information content (AvgIpc) is 2.34. The van der Waals surface area contributed by atoms with E-state index in [0.717, 1.165) is 32.1 Å². The van der Waals surface area contributed by atoms with Crippen LogP contribution in [0.15, 0.2) is 11.6 Å². The van der Waals surface area contributed by atoms with Crippen LogP contribution >= 0.6 is 15.0 Å². The molecule has 0 radical (unpaired) electrons. The van der Waals surface area contributed by atoms with Gasteiger partial charge in [0.2, 0.25) is 7.37 Å². The van der Waals surface area contributed by atoms with Gasteiger partial charge in [0.05, 0.1) is 6.61 Å². The van der Waals surface area contributed by atoms with E-state index in [1.165, 1.54) is 12.2 Å². The van der Waals surface area contributed by atoms with Crippen molar-refractivity contribution in [2.75, 3.05) is 13.3 Å². The Hall–Kier alpha value is 0.0800. The number of hydrogen-bond acceptors (Lipinski definition) is 3. The van der Waals surface area contributed by atoms with Gasteiger partial charge in [0, 0.05) is 6.66 Å². The maximum atomic E-state index is 12.3. The topological polar surface area (TPSA) is 83.8 Å². The summed E-state index contributed by atoms with van der Waals surface area (Å²) < 4.78 is 29.0. The van der Waals surface area contributed by atoms with Crippen LogP contribution in [0, 0.1) is 0 Å². The molecule has 0 rings (SSSR count). The third-order valence-corrected chi connectivity index (χ3v) is 8.84. The Balaban J connectivity index is 4.14. The molecular formula is C15H32O5P2. The molecule has 0 amide bonds. The Morgan fingerprint density at radius 3 is 2.14 bits per heavy atom. The zero-order chi connectivity index (χ0) is 17.2. The van der Waals surface area contributed by atoms with E-state index in [4.69, 9.17) is 4.52 Å². The standard InChI is InChI=1S/C15H32O5P2/c1-5-20-21(4,16)15(22(17,18)19)13-11-9-7-6-8-10-12-14(2)3/h12,15H,5-11,13H2,1-4H3,(H2,17,18,19). The van der Waals surface area contributed by atoms with E-state index in [9.17, 15) is 18.9 Å². The van der Waals surface area contributed by atoms with Gasteiger partial charge in [-0.15, -0.1) is 0 Å². The minimum atomic E-state index is -4.40. The van der Waals surface area contributed by atoms with Gasteiger partial charge in [-0.05, 0) is 40.0 Å². The minimum absolute atomic E-state index is 0.203. The van der Waals surface area contributed by atoms with Crippen molar-refractivity contribution in [3.05, 3.63) is 11.6 Å². The lowest BCUT2D eigenvalue weighted by atomic mass is 10.1. The molecule has 0 aromatic carbocycles. The van der Waals surface area contributed by atoms with Crippen molar-refractivity contribution in [3.63, 3.8) is 0 Å². The number of unbranched alkanes of at least 4 members (excludes halogenated alkanes) is 5. The maximum Gasteiger partial charge on any atom is 0.338 e. The highest BCUT2D eigenvalue weighted by molar-refractivity contribution is 7.74. The molecule has 0 aliphatic carbocycles. The van der Waals surface area contributed by atoms with Gasteiger partial charge in [0.15, 0.2) is 0 Å². The van der Waals surface area contributed by atoms with Crippen molar-refractivity contribution in [3.8, 4) is 0 Å². The molecule has 132 valence electrons. The highest BCUT2D eigenvalue weighted by atomic mass is 31.2. The van der Waals surface area contributed by atoms with Gasteiger partial charge in [-0.3, -0.25) is 9.13 Å². The summed E-state index contributed by atoms with van der Waals surface area (Å²) in [4.78, 5) is 18.8. The molecule has 0 bridgehead atoms. The van der Waals surface area contributed by atoms with Crippen LogP contribution in [0.1, 0.15) is 65.7 Å². The predicted molar refractivity (Wildman–Crippen MR) is 92.7 cm³/mol. The van der Waals surface area contributed by atoms with E-state index in [2.05, 4.69) is 19.9 Å². The van der Waals surface area contributed by atoms with Crippen LogP contribution in [0.25, 0.3) is 0 Å². The first-order valence-electron chi connectivity index (χ1n) is 8.01. The molecule has 7 heteroatoms. The average molecular weight is 354 g/mol. The summed E-state index contributed by atoms with van der Waals surface area (Å²) in [6.07, 6.45) is 8.42. The Morgan fingerprint density at radius 1 is 1.09 bits per heavy atom. The summed E-state index contributed by atoms with van der Waals surface area (Å²) in [5.74, 6) is 0. The van der Waals surface area contributed by atoms with Gasteiger partial charge < -0.3 is 14.3 Å². The molecule has 22 heavy (non-hydrogen) atoms. The zero-order valence-corrected chi connectivity index (χ0v) is 16.1. The minimum Gasteiger partial charge on any atom is -0.328 e. The lowest BCUT2D eigenvalue weighted by Gasteiger charge is -2.24. The van der Waals surface area contributed by atoms with Crippen LogP contribution in [0.3, 0.4) is 0 Å². The summed E-state index contributed by atoms with van der Waals surface area (Å²) in [6, 6.07) is 0. The normalized spacial score (nSPS) is 16.1. The molecule has 0 aliphatic heterocycles. The molecule has 0 saturated carbocycles. The third kappa shape index (κ3) is 9.97. The molecular weight excluding hydrogens is 322 g/mol. The Bertz CT molecular complexity index is 424. The fourth-order valence-corrected chi connectivity index (χ4v) is 6.65. The maximum absolute atomic E-state index is 12.3. The lowest BCUT2D eigenvalue weighted by molar-refractivity contribution is 0.320. The highest BCUT2D eigenvalue weighted by Gasteiger charge is 2.41. The third-order valence-electron chi connectivity index (χ3n) is 3.53. The van der Waals surface area contributed by atoms with E-state index in [1.807, 2.05) is 0 Å². The van der Waals surface area contributed by atoms with E-state index >= 15 is 0 Å². The van der Waals surface area contributed by atoms with Crippen LogP contribution < -0.4 is 0 Å². The number of allylic oxidation sites excluding steroid dienone is 2. The molecule has 0 heterocycles.